The molecule has 1 aromatic rings. The predicted molar refractivity (Wildman–Crippen MR) is 66.0 cm³/mol. The van der Waals surface area contributed by atoms with Gasteiger partial charge in [0.2, 0.25) is 0 Å². The van der Waals surface area contributed by atoms with Crippen LogP contribution in [0.2, 0.25) is 0 Å². The second-order valence-electron chi connectivity index (χ2n) is 4.46. The number of carbonyl (C=O) groups excluding carboxylic acids is 2. The average molecular weight is 248 g/mol. The highest BCUT2D eigenvalue weighted by Gasteiger charge is 2.46. The number of benzene rings is 1. The minimum Gasteiger partial charge on any atom is -0.508 e. The summed E-state index contributed by atoms with van der Waals surface area (Å²) >= 11 is 0. The van der Waals surface area contributed by atoms with E-state index in [1.807, 2.05) is 6.92 Å². The van der Waals surface area contributed by atoms with Gasteiger partial charge >= 0.3 is 6.03 Å². The molecule has 18 heavy (non-hydrogen) atoms. The van der Waals surface area contributed by atoms with Crippen molar-refractivity contribution in [2.75, 3.05) is 0 Å². The van der Waals surface area contributed by atoms with Crippen LogP contribution < -0.4 is 10.6 Å². The quantitative estimate of drug-likeness (QED) is 0.708. The SMILES string of the molecule is CCCC[C@]1(c2ccc(O)cc2)NC(=O)NC1=O. The van der Waals surface area contributed by atoms with Gasteiger partial charge in [-0.1, -0.05) is 31.9 Å². The summed E-state index contributed by atoms with van der Waals surface area (Å²) in [7, 11) is 0. The molecule has 3 N–H and O–H groups in total. The smallest absolute Gasteiger partial charge is 0.322 e. The van der Waals surface area contributed by atoms with Crippen LogP contribution in [0.25, 0.3) is 0 Å². The number of imide groups is 1. The molecule has 2 rings (SSSR count). The number of phenolic OH excluding ortho intramolecular Hbond substituents is 1. The van der Waals surface area contributed by atoms with E-state index in [2.05, 4.69) is 10.6 Å². The van der Waals surface area contributed by atoms with E-state index in [1.54, 1.807) is 12.1 Å². The van der Waals surface area contributed by atoms with Gasteiger partial charge in [-0.3, -0.25) is 10.1 Å². The lowest BCUT2D eigenvalue weighted by molar-refractivity contribution is -0.124. The predicted octanol–water partition coefficient (Wildman–Crippen LogP) is 1.62. The van der Waals surface area contributed by atoms with E-state index < -0.39 is 11.6 Å². The van der Waals surface area contributed by atoms with Crippen molar-refractivity contribution in [2.24, 2.45) is 0 Å². The summed E-state index contributed by atoms with van der Waals surface area (Å²) in [5, 5.41) is 14.3. The first-order chi connectivity index (χ1) is 8.58. The first kappa shape index (κ1) is 12.4. The van der Waals surface area contributed by atoms with Crippen LogP contribution >= 0.6 is 0 Å². The Labute approximate surface area is 105 Å². The fraction of sp³-hybridized carbons (Fsp3) is 0.385. The summed E-state index contributed by atoms with van der Waals surface area (Å²) in [6.45, 7) is 2.03. The fourth-order valence-corrected chi connectivity index (χ4v) is 2.20. The van der Waals surface area contributed by atoms with Crippen molar-refractivity contribution < 1.29 is 14.7 Å². The molecule has 0 radical (unpaired) electrons. The van der Waals surface area contributed by atoms with Gasteiger partial charge in [-0.15, -0.1) is 0 Å². The summed E-state index contributed by atoms with van der Waals surface area (Å²) < 4.78 is 0. The summed E-state index contributed by atoms with van der Waals surface area (Å²) in [6.07, 6.45) is 2.31. The number of urea groups is 1. The molecule has 3 amide bonds. The zero-order chi connectivity index (χ0) is 13.2. The summed E-state index contributed by atoms with van der Waals surface area (Å²) in [6, 6.07) is 5.89. The molecule has 0 saturated carbocycles. The zero-order valence-electron chi connectivity index (χ0n) is 10.2. The Morgan fingerprint density at radius 1 is 1.22 bits per heavy atom. The fourth-order valence-electron chi connectivity index (χ4n) is 2.20. The number of carbonyl (C=O) groups is 2. The van der Waals surface area contributed by atoms with Crippen LogP contribution in [0, 0.1) is 0 Å². The molecule has 1 aliphatic rings. The van der Waals surface area contributed by atoms with Crippen molar-refractivity contribution in [3.63, 3.8) is 0 Å². The van der Waals surface area contributed by atoms with Crippen molar-refractivity contribution in [2.45, 2.75) is 31.7 Å². The van der Waals surface area contributed by atoms with Crippen LogP contribution in [0.5, 0.6) is 5.75 Å². The molecular weight excluding hydrogens is 232 g/mol. The highest BCUT2D eigenvalue weighted by Crippen LogP contribution is 2.31. The van der Waals surface area contributed by atoms with Gasteiger partial charge in [0.1, 0.15) is 11.3 Å². The van der Waals surface area contributed by atoms with Crippen molar-refractivity contribution in [1.29, 1.82) is 0 Å². The van der Waals surface area contributed by atoms with Gasteiger partial charge in [0.25, 0.3) is 5.91 Å². The molecule has 0 unspecified atom stereocenters. The molecule has 1 atom stereocenters. The molecule has 1 saturated heterocycles. The van der Waals surface area contributed by atoms with E-state index in [9.17, 15) is 14.7 Å². The average Bonchev–Trinajstić information content (AvgIpc) is 2.63. The number of nitrogens with one attached hydrogen (secondary N) is 2. The van der Waals surface area contributed by atoms with Crippen LogP contribution in [0.4, 0.5) is 4.79 Å². The molecule has 1 aliphatic heterocycles. The van der Waals surface area contributed by atoms with Crippen molar-refractivity contribution >= 4 is 11.9 Å². The molecule has 5 heteroatoms. The molecule has 0 aliphatic carbocycles. The van der Waals surface area contributed by atoms with Gasteiger partial charge in [-0.25, -0.2) is 4.79 Å². The normalized spacial score (nSPS) is 22.7. The Hall–Kier alpha value is -2.04. The highest BCUT2D eigenvalue weighted by atomic mass is 16.3. The minimum atomic E-state index is -0.999. The summed E-state index contributed by atoms with van der Waals surface area (Å²) in [5.74, 6) is -0.194. The maximum atomic E-state index is 12.0. The lowest BCUT2D eigenvalue weighted by atomic mass is 9.85. The summed E-state index contributed by atoms with van der Waals surface area (Å²) in [5.41, 5.74) is -0.307. The second kappa shape index (κ2) is 4.68. The summed E-state index contributed by atoms with van der Waals surface area (Å²) in [4.78, 5) is 23.4. The molecular formula is C13H16N2O3. The van der Waals surface area contributed by atoms with E-state index in [1.165, 1.54) is 12.1 Å². The topological polar surface area (TPSA) is 78.4 Å². The molecule has 1 fully saturated rings. The van der Waals surface area contributed by atoms with Gasteiger partial charge in [-0.05, 0) is 24.1 Å². The third-order valence-corrected chi connectivity index (χ3v) is 3.21. The van der Waals surface area contributed by atoms with Gasteiger partial charge < -0.3 is 10.4 Å². The van der Waals surface area contributed by atoms with E-state index in [-0.39, 0.29) is 11.7 Å². The number of hydrogen-bond acceptors (Lipinski definition) is 3. The Morgan fingerprint density at radius 3 is 2.39 bits per heavy atom. The third-order valence-electron chi connectivity index (χ3n) is 3.21. The highest BCUT2D eigenvalue weighted by molar-refractivity contribution is 6.07. The zero-order valence-corrected chi connectivity index (χ0v) is 10.2. The van der Waals surface area contributed by atoms with Gasteiger partial charge in [-0.2, -0.15) is 0 Å². The molecule has 5 nitrogen and oxygen atoms in total. The van der Waals surface area contributed by atoms with E-state index in [4.69, 9.17) is 0 Å². The van der Waals surface area contributed by atoms with Crippen LogP contribution in [0.3, 0.4) is 0 Å². The third kappa shape index (κ3) is 2.03. The molecule has 0 aromatic heterocycles. The van der Waals surface area contributed by atoms with Gasteiger partial charge in [0.05, 0.1) is 0 Å². The number of rotatable bonds is 4. The molecule has 1 aromatic carbocycles. The Kier molecular flexibility index (Phi) is 3.23. The maximum absolute atomic E-state index is 12.0. The molecule has 0 spiro atoms. The number of unbranched alkanes of at least 4 members (excludes halogenated alkanes) is 1. The van der Waals surface area contributed by atoms with Gasteiger partial charge in [0, 0.05) is 0 Å². The number of phenols is 1. The largest absolute Gasteiger partial charge is 0.508 e. The molecule has 1 heterocycles. The first-order valence-electron chi connectivity index (χ1n) is 6.01. The lowest BCUT2D eigenvalue weighted by Crippen LogP contribution is -2.43. The molecule has 0 bridgehead atoms. The second-order valence-corrected chi connectivity index (χ2v) is 4.46. The first-order valence-corrected chi connectivity index (χ1v) is 6.01. The van der Waals surface area contributed by atoms with Gasteiger partial charge in [0.15, 0.2) is 0 Å². The number of amides is 3. The standard InChI is InChI=1S/C13H16N2O3/c1-2-3-8-13(11(17)14-12(18)15-13)9-4-6-10(16)7-5-9/h4-7,16H,2-3,8H2,1H3,(H2,14,15,17,18)/t13-/m1/s1. The van der Waals surface area contributed by atoms with E-state index in [0.29, 0.717) is 12.0 Å². The van der Waals surface area contributed by atoms with Crippen molar-refractivity contribution in [1.82, 2.24) is 10.6 Å². The Morgan fingerprint density at radius 2 is 1.89 bits per heavy atom. The number of aromatic hydroxyl groups is 1. The Bertz CT molecular complexity index is 470. The van der Waals surface area contributed by atoms with E-state index >= 15 is 0 Å². The molecule has 96 valence electrons. The van der Waals surface area contributed by atoms with Crippen LogP contribution in [0.1, 0.15) is 31.7 Å². The van der Waals surface area contributed by atoms with Crippen molar-refractivity contribution in [3.05, 3.63) is 29.8 Å². The number of hydrogen-bond donors (Lipinski definition) is 3. The maximum Gasteiger partial charge on any atom is 0.322 e. The Balaban J connectivity index is 2.39. The van der Waals surface area contributed by atoms with Crippen LogP contribution in [-0.2, 0) is 10.3 Å². The lowest BCUT2D eigenvalue weighted by Gasteiger charge is -2.26. The van der Waals surface area contributed by atoms with Crippen LogP contribution in [-0.4, -0.2) is 17.0 Å². The minimum absolute atomic E-state index is 0.133. The monoisotopic (exact) mass is 248 g/mol. The van der Waals surface area contributed by atoms with Crippen LogP contribution in [0.15, 0.2) is 24.3 Å². The van der Waals surface area contributed by atoms with Crippen molar-refractivity contribution in [3.8, 4) is 5.75 Å². The van der Waals surface area contributed by atoms with E-state index in [0.717, 1.165) is 12.8 Å².